The van der Waals surface area contributed by atoms with Gasteiger partial charge >= 0.3 is 0 Å². The number of hydrogen-bond acceptors (Lipinski definition) is 6. The van der Waals surface area contributed by atoms with E-state index in [9.17, 15) is 0 Å². The van der Waals surface area contributed by atoms with E-state index in [-0.39, 0.29) is 0 Å². The lowest BCUT2D eigenvalue weighted by Crippen LogP contribution is -2.15. The molecule has 0 bridgehead atoms. The van der Waals surface area contributed by atoms with E-state index in [0.717, 1.165) is 0 Å². The predicted octanol–water partition coefficient (Wildman–Crippen LogP) is -1.39. The molecule has 1 rings (SSSR count). The summed E-state index contributed by atoms with van der Waals surface area (Å²) in [6.45, 7) is 1.14. The number of nitrogen functional groups attached to an aromatic ring is 1. The number of methoxy groups -OCH3 is 1. The largest absolute Gasteiger partial charge is 0.383 e. The maximum atomic E-state index is 5.11. The molecule has 0 aromatic carbocycles. The van der Waals surface area contributed by atoms with Crippen molar-refractivity contribution in [3.63, 3.8) is 0 Å². The number of aromatic nitrogens is 4. The fraction of sp³-hybridized carbons (Fsp3) is 0.750. The van der Waals surface area contributed by atoms with E-state index in [4.69, 9.17) is 10.6 Å². The van der Waals surface area contributed by atoms with Crippen LogP contribution in [0.3, 0.4) is 0 Å². The number of hydrogen-bond donors (Lipinski definition) is 2. The third-order valence-electron chi connectivity index (χ3n) is 1.17. The van der Waals surface area contributed by atoms with Gasteiger partial charge in [0.15, 0.2) is 0 Å². The fourth-order valence-electron chi connectivity index (χ4n) is 0.636. The summed E-state index contributed by atoms with van der Waals surface area (Å²) in [6.07, 6.45) is 0. The number of nitrogens with one attached hydrogen (secondary N) is 1. The zero-order chi connectivity index (χ0) is 8.10. The molecule has 1 aromatic heterocycles. The number of tetrazole rings is 1. The highest BCUT2D eigenvalue weighted by molar-refractivity contribution is 5.17. The molecule has 11 heavy (non-hydrogen) atoms. The van der Waals surface area contributed by atoms with E-state index in [1.165, 1.54) is 4.68 Å². The van der Waals surface area contributed by atoms with Crippen LogP contribution in [0.1, 0.15) is 0 Å². The van der Waals surface area contributed by atoms with E-state index >= 15 is 0 Å². The highest BCUT2D eigenvalue weighted by Gasteiger charge is 2.01. The van der Waals surface area contributed by atoms with Crippen LogP contribution in [0.2, 0.25) is 0 Å². The molecule has 7 heteroatoms. The van der Waals surface area contributed by atoms with Gasteiger partial charge in [-0.05, 0) is 10.4 Å². The lowest BCUT2D eigenvalue weighted by Gasteiger charge is -2.00. The van der Waals surface area contributed by atoms with Crippen LogP contribution in [0.25, 0.3) is 0 Å². The Balaban J connectivity index is 2.54. The Bertz CT molecular complexity index is 210. The molecule has 1 aromatic rings. The molecule has 0 radical (unpaired) electrons. The standard InChI is InChI=1S/C4H10N6O/c1-11-3-2-10-4(6-5)7-8-9-10/h2-3,5H2,1H3,(H,6,7,9). The Labute approximate surface area is 63.5 Å². The van der Waals surface area contributed by atoms with Gasteiger partial charge in [-0.2, -0.15) is 0 Å². The number of hydrazine groups is 1. The minimum Gasteiger partial charge on any atom is -0.383 e. The molecule has 0 atom stereocenters. The minimum atomic E-state index is 0.432. The lowest BCUT2D eigenvalue weighted by molar-refractivity contribution is 0.183. The molecule has 0 amide bonds. The Hall–Kier alpha value is -1.21. The van der Waals surface area contributed by atoms with Gasteiger partial charge in [-0.1, -0.05) is 5.10 Å². The van der Waals surface area contributed by atoms with Crippen LogP contribution in [0.4, 0.5) is 5.95 Å². The highest BCUT2D eigenvalue weighted by Crippen LogP contribution is 1.94. The fourth-order valence-corrected chi connectivity index (χ4v) is 0.636. The van der Waals surface area contributed by atoms with E-state index in [1.807, 2.05) is 0 Å². The van der Waals surface area contributed by atoms with Gasteiger partial charge in [0.25, 0.3) is 5.95 Å². The van der Waals surface area contributed by atoms with Gasteiger partial charge in [0.2, 0.25) is 0 Å². The van der Waals surface area contributed by atoms with Crippen molar-refractivity contribution in [2.75, 3.05) is 19.1 Å². The van der Waals surface area contributed by atoms with Crippen molar-refractivity contribution in [3.8, 4) is 0 Å². The minimum absolute atomic E-state index is 0.432. The summed E-state index contributed by atoms with van der Waals surface area (Å²) in [6, 6.07) is 0. The van der Waals surface area contributed by atoms with Crippen LogP contribution in [-0.4, -0.2) is 33.9 Å². The van der Waals surface area contributed by atoms with Gasteiger partial charge in [0.05, 0.1) is 13.2 Å². The van der Waals surface area contributed by atoms with Gasteiger partial charge in [-0.15, -0.1) is 0 Å². The quantitative estimate of drug-likeness (QED) is 0.414. The smallest absolute Gasteiger partial charge is 0.257 e. The zero-order valence-electron chi connectivity index (χ0n) is 6.19. The van der Waals surface area contributed by atoms with Crippen molar-refractivity contribution in [2.45, 2.75) is 6.54 Å². The average molecular weight is 158 g/mol. The molecular weight excluding hydrogens is 148 g/mol. The Morgan fingerprint density at radius 1 is 1.73 bits per heavy atom. The second kappa shape index (κ2) is 3.84. The molecule has 0 aliphatic carbocycles. The first-order valence-electron chi connectivity index (χ1n) is 3.10. The number of anilines is 1. The summed E-state index contributed by atoms with van der Waals surface area (Å²) in [7, 11) is 1.61. The van der Waals surface area contributed by atoms with Crippen molar-refractivity contribution >= 4 is 5.95 Å². The molecule has 0 saturated heterocycles. The average Bonchev–Trinajstić information content (AvgIpc) is 2.47. The van der Waals surface area contributed by atoms with Crippen LogP contribution in [-0.2, 0) is 11.3 Å². The number of nitrogens with two attached hydrogens (primary N) is 1. The molecule has 62 valence electrons. The first kappa shape index (κ1) is 7.89. The van der Waals surface area contributed by atoms with Crippen molar-refractivity contribution in [3.05, 3.63) is 0 Å². The summed E-state index contributed by atoms with van der Waals surface area (Å²) < 4.78 is 6.35. The molecule has 0 saturated carbocycles. The van der Waals surface area contributed by atoms with E-state index in [1.54, 1.807) is 7.11 Å². The van der Waals surface area contributed by atoms with E-state index in [2.05, 4.69) is 21.0 Å². The first-order chi connectivity index (χ1) is 5.38. The van der Waals surface area contributed by atoms with Crippen molar-refractivity contribution in [2.24, 2.45) is 5.84 Å². The molecule has 1 heterocycles. The topological polar surface area (TPSA) is 90.9 Å². The van der Waals surface area contributed by atoms with E-state index < -0.39 is 0 Å². The molecule has 0 unspecified atom stereocenters. The molecular formula is C4H10N6O. The second-order valence-electron chi connectivity index (χ2n) is 1.86. The maximum Gasteiger partial charge on any atom is 0.257 e. The molecule has 0 aliphatic rings. The molecule has 0 fully saturated rings. The van der Waals surface area contributed by atoms with Gasteiger partial charge < -0.3 is 4.74 Å². The Morgan fingerprint density at radius 3 is 3.18 bits per heavy atom. The summed E-state index contributed by atoms with van der Waals surface area (Å²) in [4.78, 5) is 0. The van der Waals surface area contributed by atoms with Crippen LogP contribution in [0.15, 0.2) is 0 Å². The normalized spacial score (nSPS) is 10.0. The summed E-state index contributed by atoms with van der Waals surface area (Å²) in [5.41, 5.74) is 2.36. The Kier molecular flexibility index (Phi) is 2.75. The third-order valence-corrected chi connectivity index (χ3v) is 1.17. The molecule has 0 aliphatic heterocycles. The monoisotopic (exact) mass is 158 g/mol. The van der Waals surface area contributed by atoms with Gasteiger partial charge in [0.1, 0.15) is 0 Å². The van der Waals surface area contributed by atoms with Crippen LogP contribution in [0, 0.1) is 0 Å². The number of ether oxygens (including phenoxy) is 1. The Morgan fingerprint density at radius 2 is 2.55 bits per heavy atom. The molecule has 0 spiro atoms. The van der Waals surface area contributed by atoms with Crippen molar-refractivity contribution in [1.82, 2.24) is 20.2 Å². The van der Waals surface area contributed by atoms with Crippen LogP contribution >= 0.6 is 0 Å². The van der Waals surface area contributed by atoms with Crippen molar-refractivity contribution in [1.29, 1.82) is 0 Å². The number of nitrogens with zero attached hydrogens (tertiary/aromatic N) is 4. The maximum absolute atomic E-state index is 5.11. The van der Waals surface area contributed by atoms with Gasteiger partial charge in [0, 0.05) is 7.11 Å². The molecule has 7 nitrogen and oxygen atoms in total. The SMILES string of the molecule is COCCn1nnnc1NN. The summed E-state index contributed by atoms with van der Waals surface area (Å²) in [5, 5.41) is 10.7. The summed E-state index contributed by atoms with van der Waals surface area (Å²) in [5.74, 6) is 5.55. The van der Waals surface area contributed by atoms with Gasteiger partial charge in [-0.3, -0.25) is 5.43 Å². The second-order valence-corrected chi connectivity index (χ2v) is 1.86. The zero-order valence-corrected chi connectivity index (χ0v) is 6.19. The predicted molar refractivity (Wildman–Crippen MR) is 37.5 cm³/mol. The highest BCUT2D eigenvalue weighted by atomic mass is 16.5. The third kappa shape index (κ3) is 1.85. The summed E-state index contributed by atoms with van der Waals surface area (Å²) >= 11 is 0. The van der Waals surface area contributed by atoms with Crippen LogP contribution < -0.4 is 11.3 Å². The van der Waals surface area contributed by atoms with Crippen molar-refractivity contribution < 1.29 is 4.74 Å². The number of rotatable bonds is 4. The van der Waals surface area contributed by atoms with E-state index in [0.29, 0.717) is 19.1 Å². The first-order valence-corrected chi connectivity index (χ1v) is 3.10. The molecule has 3 N–H and O–H groups in total. The lowest BCUT2D eigenvalue weighted by atomic mass is 10.7. The van der Waals surface area contributed by atoms with Crippen LogP contribution in [0.5, 0.6) is 0 Å². The van der Waals surface area contributed by atoms with Gasteiger partial charge in [-0.25, -0.2) is 10.5 Å².